The molecule has 2 aromatic rings. The van der Waals surface area contributed by atoms with Gasteiger partial charge in [0.05, 0.1) is 17.4 Å². The quantitative estimate of drug-likeness (QED) is 0.466. The fourth-order valence-corrected chi connectivity index (χ4v) is 2.62. The van der Waals surface area contributed by atoms with E-state index in [0.29, 0.717) is 5.69 Å². The van der Waals surface area contributed by atoms with E-state index in [1.54, 1.807) is 11.7 Å². The number of rotatable bonds is 2. The van der Waals surface area contributed by atoms with Gasteiger partial charge in [0.1, 0.15) is 5.54 Å². The largest absolute Gasteiger partial charge is 0.600 e. The molecule has 0 bridgehead atoms. The second-order valence-corrected chi connectivity index (χ2v) is 5.56. The highest BCUT2D eigenvalue weighted by Crippen LogP contribution is 2.39. The predicted molar refractivity (Wildman–Crippen MR) is 78.0 cm³/mol. The van der Waals surface area contributed by atoms with Gasteiger partial charge in [-0.15, -0.1) is 5.01 Å². The highest BCUT2D eigenvalue weighted by Gasteiger charge is 2.46. The van der Waals surface area contributed by atoms with Crippen molar-refractivity contribution in [2.24, 2.45) is 4.99 Å². The third-order valence-corrected chi connectivity index (χ3v) is 4.00. The van der Waals surface area contributed by atoms with Crippen LogP contribution in [-0.4, -0.2) is 25.0 Å². The molecular weight excluding hydrogens is 284 g/mol. The van der Waals surface area contributed by atoms with Crippen LogP contribution in [0.5, 0.6) is 0 Å². The van der Waals surface area contributed by atoms with E-state index in [4.69, 9.17) is 9.26 Å². The number of aliphatic imine (C=N–C) groups is 1. The summed E-state index contributed by atoms with van der Waals surface area (Å²) < 4.78 is 10.1. The molecular formula is C15H18N4O3. The summed E-state index contributed by atoms with van der Waals surface area (Å²) in [6.45, 7) is 6.18. The van der Waals surface area contributed by atoms with Crippen molar-refractivity contribution in [1.82, 2.24) is 5.27 Å². The van der Waals surface area contributed by atoms with Crippen LogP contribution in [-0.2, 0) is 10.3 Å². The smallest absolute Gasteiger partial charge is 0.341 e. The van der Waals surface area contributed by atoms with Gasteiger partial charge in [0, 0.05) is 0 Å². The van der Waals surface area contributed by atoms with Gasteiger partial charge in [-0.25, -0.2) is 0 Å². The third kappa shape index (κ3) is 2.01. The number of nitrogens with zero attached hydrogens (tertiary/aromatic N) is 4. The van der Waals surface area contributed by atoms with Gasteiger partial charge in [-0.3, -0.25) is 4.52 Å². The molecule has 0 saturated heterocycles. The number of hydrogen-bond acceptors (Lipinski definition) is 6. The van der Waals surface area contributed by atoms with Crippen LogP contribution in [0.1, 0.15) is 26.3 Å². The maximum absolute atomic E-state index is 11.6. The molecule has 0 radical (unpaired) electrons. The van der Waals surface area contributed by atoms with Gasteiger partial charge < -0.3 is 9.84 Å². The summed E-state index contributed by atoms with van der Waals surface area (Å²) in [4.78, 5) is 5.49. The summed E-state index contributed by atoms with van der Waals surface area (Å²) >= 11 is 0. The van der Waals surface area contributed by atoms with Crippen LogP contribution < -0.4 is 14.9 Å². The van der Waals surface area contributed by atoms with Gasteiger partial charge in [0.25, 0.3) is 0 Å². The maximum Gasteiger partial charge on any atom is 0.341 e. The van der Waals surface area contributed by atoms with Crippen LogP contribution in [0.3, 0.4) is 0 Å². The highest BCUT2D eigenvalue weighted by molar-refractivity contribution is 5.75. The van der Waals surface area contributed by atoms with Gasteiger partial charge >= 0.3 is 11.6 Å². The van der Waals surface area contributed by atoms with Crippen molar-refractivity contribution in [3.8, 4) is 11.3 Å². The number of fused-ring (bicyclic) bond motifs is 3. The second kappa shape index (κ2) is 5.01. The summed E-state index contributed by atoms with van der Waals surface area (Å²) in [7, 11) is 1.91. The molecule has 116 valence electrons. The van der Waals surface area contributed by atoms with Crippen LogP contribution in [0.4, 0.5) is 5.88 Å². The van der Waals surface area contributed by atoms with Crippen LogP contribution in [0.2, 0.25) is 0 Å². The molecule has 1 aliphatic rings. The molecule has 2 heterocycles. The standard InChI is InChI=1S/C15H18N4O3/c1-5-21-14(20)16-13-12-10-8-6-7-9-11(10)15(2,3)18(4)19(12)17-22-13/h6-9H,5H2,1-4H3. The van der Waals surface area contributed by atoms with Gasteiger partial charge in [-0.1, -0.05) is 25.1 Å². The lowest BCUT2D eigenvalue weighted by molar-refractivity contribution is -0.756. The molecule has 0 N–H and O–H groups in total. The molecule has 0 saturated carbocycles. The molecule has 1 aromatic carbocycles. The maximum atomic E-state index is 11.6. The molecule has 7 nitrogen and oxygen atoms in total. The fourth-order valence-electron chi connectivity index (χ4n) is 2.62. The summed E-state index contributed by atoms with van der Waals surface area (Å²) in [5, 5.41) is 17.6. The fraction of sp³-hybridized carbons (Fsp3) is 0.400. The average Bonchev–Trinajstić information content (AvgIpc) is 2.89. The zero-order valence-corrected chi connectivity index (χ0v) is 13.0. The number of hydrogen-bond donors (Lipinski definition) is 0. The molecule has 0 atom stereocenters. The molecule has 7 heteroatoms. The van der Waals surface area contributed by atoms with Crippen molar-refractivity contribution in [3.05, 3.63) is 29.8 Å². The first-order chi connectivity index (χ1) is 10.5. The number of aromatic nitrogens is 2. The Morgan fingerprint density at radius 3 is 2.91 bits per heavy atom. The van der Waals surface area contributed by atoms with Crippen molar-refractivity contribution in [2.75, 3.05) is 18.7 Å². The Hall–Kier alpha value is -2.57. The Balaban J connectivity index is 2.20. The number of benzene rings is 1. The average molecular weight is 302 g/mol. The van der Waals surface area contributed by atoms with Gasteiger partial charge in [-0.2, -0.15) is 4.99 Å². The lowest BCUT2D eigenvalue weighted by Crippen LogP contribution is -2.67. The minimum atomic E-state index is -0.688. The van der Waals surface area contributed by atoms with E-state index < -0.39 is 6.08 Å². The minimum absolute atomic E-state index is 0.147. The van der Waals surface area contributed by atoms with Crippen LogP contribution in [0.15, 0.2) is 33.8 Å². The molecule has 1 aliphatic heterocycles. The van der Waals surface area contributed by atoms with Crippen molar-refractivity contribution >= 4 is 12.0 Å². The van der Waals surface area contributed by atoms with E-state index in [1.807, 2.05) is 30.3 Å². The van der Waals surface area contributed by atoms with Crippen LogP contribution in [0.25, 0.3) is 11.3 Å². The Kier molecular flexibility index (Phi) is 3.27. The van der Waals surface area contributed by atoms with Crippen LogP contribution >= 0.6 is 0 Å². The van der Waals surface area contributed by atoms with E-state index in [9.17, 15) is 5.11 Å². The second-order valence-electron chi connectivity index (χ2n) is 5.56. The molecule has 0 spiro atoms. The van der Waals surface area contributed by atoms with E-state index in [2.05, 4.69) is 30.2 Å². The zero-order valence-electron chi connectivity index (χ0n) is 13.0. The van der Waals surface area contributed by atoms with Crippen molar-refractivity contribution in [1.29, 1.82) is 0 Å². The molecule has 0 unspecified atom stereocenters. The van der Waals surface area contributed by atoms with Crippen molar-refractivity contribution in [3.63, 3.8) is 0 Å². The normalized spacial score (nSPS) is 16.2. The number of ether oxygens (including phenoxy) is 1. The molecule has 0 aliphatic carbocycles. The van der Waals surface area contributed by atoms with Crippen LogP contribution in [0, 0.1) is 0 Å². The predicted octanol–water partition coefficient (Wildman–Crippen LogP) is 0.830. The Morgan fingerprint density at radius 2 is 2.18 bits per heavy atom. The summed E-state index contributed by atoms with van der Waals surface area (Å²) in [6, 6.07) is 7.94. The first kappa shape index (κ1) is 14.4. The minimum Gasteiger partial charge on any atom is -0.600 e. The molecule has 3 rings (SSSR count). The lowest BCUT2D eigenvalue weighted by atomic mass is 9.87. The monoisotopic (exact) mass is 302 g/mol. The van der Waals surface area contributed by atoms with E-state index in [0.717, 1.165) is 11.1 Å². The lowest BCUT2D eigenvalue weighted by Gasteiger charge is -2.33. The van der Waals surface area contributed by atoms with Crippen molar-refractivity contribution in [2.45, 2.75) is 26.3 Å². The Labute approximate surface area is 128 Å². The highest BCUT2D eigenvalue weighted by atomic mass is 16.6. The van der Waals surface area contributed by atoms with Crippen molar-refractivity contribution < 1.29 is 19.2 Å². The van der Waals surface area contributed by atoms with Gasteiger partial charge in [0.2, 0.25) is 5.27 Å². The molecule has 0 fully saturated rings. The van der Waals surface area contributed by atoms with Gasteiger partial charge in [0.15, 0.2) is 6.08 Å². The SMILES string of the molecule is CCO/C([O-])=N\c1on[n+]2c1-c1ccccc1C(C)(C)N2C. The summed E-state index contributed by atoms with van der Waals surface area (Å²) in [6.07, 6.45) is -0.688. The summed E-state index contributed by atoms with van der Waals surface area (Å²) in [5.41, 5.74) is 2.42. The van der Waals surface area contributed by atoms with E-state index in [-0.39, 0.29) is 18.0 Å². The van der Waals surface area contributed by atoms with Gasteiger partial charge in [-0.05, 0) is 32.1 Å². The molecule has 22 heavy (non-hydrogen) atoms. The summed E-state index contributed by atoms with van der Waals surface area (Å²) in [5.74, 6) is 0.147. The Morgan fingerprint density at radius 1 is 1.45 bits per heavy atom. The Bertz CT molecular complexity index is 736. The topological polar surface area (TPSA) is 77.8 Å². The third-order valence-electron chi connectivity index (χ3n) is 4.00. The molecule has 1 aromatic heterocycles. The first-order valence-corrected chi connectivity index (χ1v) is 7.11. The van der Waals surface area contributed by atoms with E-state index in [1.165, 1.54) is 0 Å². The molecule has 0 amide bonds. The zero-order chi connectivity index (χ0) is 15.9. The van der Waals surface area contributed by atoms with E-state index >= 15 is 0 Å². The first-order valence-electron chi connectivity index (χ1n) is 7.11.